The number of carbonyl (C=O) groups excluding carboxylic acids is 2. The molecule has 1 aliphatic rings. The Morgan fingerprint density at radius 2 is 2.04 bits per heavy atom. The summed E-state index contributed by atoms with van der Waals surface area (Å²) in [5.74, 6) is 5.49. The van der Waals surface area contributed by atoms with E-state index in [2.05, 4.69) is 5.43 Å². The molecule has 2 amide bonds. The van der Waals surface area contributed by atoms with E-state index in [1.165, 1.54) is 12.0 Å². The number of rotatable bonds is 3. The summed E-state index contributed by atoms with van der Waals surface area (Å²) in [6, 6.07) is 13.9. The molecule has 0 unspecified atom stereocenters. The van der Waals surface area contributed by atoms with Crippen molar-refractivity contribution in [1.82, 2.24) is 5.43 Å². The van der Waals surface area contributed by atoms with Crippen molar-refractivity contribution in [2.45, 2.75) is 6.10 Å². The van der Waals surface area contributed by atoms with Crippen molar-refractivity contribution in [2.75, 3.05) is 18.6 Å². The number of carbonyl (C=O) groups is 2. The van der Waals surface area contributed by atoms with Crippen LogP contribution in [-0.2, 0) is 4.79 Å². The molecular formula is C17H17N3O4. The van der Waals surface area contributed by atoms with Crippen LogP contribution in [0.2, 0.25) is 0 Å². The molecule has 7 nitrogen and oxygen atoms in total. The lowest BCUT2D eigenvalue weighted by molar-refractivity contribution is -0.127. The first-order chi connectivity index (χ1) is 11.6. The van der Waals surface area contributed by atoms with Crippen molar-refractivity contribution in [1.29, 1.82) is 0 Å². The van der Waals surface area contributed by atoms with Crippen LogP contribution in [-0.4, -0.2) is 31.6 Å². The maximum Gasteiger partial charge on any atom is 0.276 e. The minimum absolute atomic E-state index is 0.0656. The molecule has 0 aromatic heterocycles. The minimum Gasteiger partial charge on any atom is -0.497 e. The molecule has 24 heavy (non-hydrogen) atoms. The summed E-state index contributed by atoms with van der Waals surface area (Å²) < 4.78 is 10.8. The quantitative estimate of drug-likeness (QED) is 0.500. The maximum absolute atomic E-state index is 12.9. The molecule has 0 saturated carbocycles. The van der Waals surface area contributed by atoms with Gasteiger partial charge in [0, 0.05) is 5.56 Å². The number of anilines is 1. The third kappa shape index (κ3) is 2.89. The molecule has 1 atom stereocenters. The number of nitrogens with two attached hydrogens (primary N) is 1. The van der Waals surface area contributed by atoms with Crippen LogP contribution < -0.4 is 25.6 Å². The number of nitrogens with one attached hydrogen (secondary N) is 1. The van der Waals surface area contributed by atoms with Crippen LogP contribution in [0.4, 0.5) is 5.69 Å². The van der Waals surface area contributed by atoms with E-state index in [0.717, 1.165) is 0 Å². The van der Waals surface area contributed by atoms with Gasteiger partial charge < -0.3 is 14.4 Å². The Kier molecular flexibility index (Phi) is 4.35. The second-order valence-electron chi connectivity index (χ2n) is 5.23. The third-order valence-corrected chi connectivity index (χ3v) is 3.77. The fourth-order valence-corrected chi connectivity index (χ4v) is 2.57. The SMILES string of the molecule is COc1cccc(C(=O)N2C[C@@H](C(=O)NN)Oc3ccccc32)c1. The molecule has 3 rings (SSSR count). The van der Waals surface area contributed by atoms with Crippen LogP contribution in [0, 0.1) is 0 Å². The summed E-state index contributed by atoms with van der Waals surface area (Å²) >= 11 is 0. The molecule has 0 spiro atoms. The van der Waals surface area contributed by atoms with Gasteiger partial charge in [-0.1, -0.05) is 18.2 Å². The van der Waals surface area contributed by atoms with Gasteiger partial charge in [-0.05, 0) is 30.3 Å². The Morgan fingerprint density at radius 1 is 1.25 bits per heavy atom. The zero-order chi connectivity index (χ0) is 17.1. The van der Waals surface area contributed by atoms with E-state index >= 15 is 0 Å². The van der Waals surface area contributed by atoms with E-state index < -0.39 is 12.0 Å². The number of benzene rings is 2. The van der Waals surface area contributed by atoms with Gasteiger partial charge in [0.15, 0.2) is 6.10 Å². The maximum atomic E-state index is 12.9. The zero-order valence-corrected chi connectivity index (χ0v) is 13.1. The van der Waals surface area contributed by atoms with Crippen LogP contribution in [0.3, 0.4) is 0 Å². The third-order valence-electron chi connectivity index (χ3n) is 3.77. The first-order valence-electron chi connectivity index (χ1n) is 7.36. The van der Waals surface area contributed by atoms with Crippen LogP contribution in [0.25, 0.3) is 0 Å². The fraction of sp³-hybridized carbons (Fsp3) is 0.176. The summed E-state index contributed by atoms with van der Waals surface area (Å²) in [5.41, 5.74) is 3.12. The Hall–Kier alpha value is -3.06. The molecule has 7 heteroatoms. The lowest BCUT2D eigenvalue weighted by Crippen LogP contribution is -2.52. The van der Waals surface area contributed by atoms with Crippen molar-refractivity contribution in [3.8, 4) is 11.5 Å². The molecule has 0 fully saturated rings. The van der Waals surface area contributed by atoms with Gasteiger partial charge in [-0.2, -0.15) is 0 Å². The molecule has 0 radical (unpaired) electrons. The molecule has 2 aromatic carbocycles. The van der Waals surface area contributed by atoms with Gasteiger partial charge in [0.25, 0.3) is 11.8 Å². The van der Waals surface area contributed by atoms with E-state index in [4.69, 9.17) is 15.3 Å². The molecule has 2 aromatic rings. The smallest absolute Gasteiger partial charge is 0.276 e. The van der Waals surface area contributed by atoms with E-state index in [1.54, 1.807) is 48.5 Å². The Labute approximate surface area is 138 Å². The molecule has 0 aliphatic carbocycles. The fourth-order valence-electron chi connectivity index (χ4n) is 2.57. The number of para-hydroxylation sites is 2. The molecule has 0 bridgehead atoms. The normalized spacial score (nSPS) is 15.9. The summed E-state index contributed by atoms with van der Waals surface area (Å²) in [7, 11) is 1.54. The van der Waals surface area contributed by atoms with Gasteiger partial charge in [0.1, 0.15) is 11.5 Å². The Bertz CT molecular complexity index is 778. The molecular weight excluding hydrogens is 310 g/mol. The summed E-state index contributed by atoms with van der Waals surface area (Å²) in [5, 5.41) is 0. The number of amides is 2. The molecule has 0 saturated heterocycles. The highest BCUT2D eigenvalue weighted by atomic mass is 16.5. The monoisotopic (exact) mass is 327 g/mol. The van der Waals surface area contributed by atoms with Crippen LogP contribution in [0.5, 0.6) is 11.5 Å². The number of fused-ring (bicyclic) bond motifs is 1. The van der Waals surface area contributed by atoms with Crippen molar-refractivity contribution in [3.63, 3.8) is 0 Å². The number of hydrazine groups is 1. The van der Waals surface area contributed by atoms with Gasteiger partial charge in [-0.25, -0.2) is 5.84 Å². The Balaban J connectivity index is 1.98. The minimum atomic E-state index is -0.876. The van der Waals surface area contributed by atoms with Gasteiger partial charge >= 0.3 is 0 Å². The van der Waals surface area contributed by atoms with Gasteiger partial charge in [0.2, 0.25) is 0 Å². The number of methoxy groups -OCH3 is 1. The largest absolute Gasteiger partial charge is 0.497 e. The zero-order valence-electron chi connectivity index (χ0n) is 13.1. The standard InChI is InChI=1S/C17H17N3O4/c1-23-12-6-4-5-11(9-12)17(22)20-10-15(16(21)19-18)24-14-8-3-2-7-13(14)20/h2-9,15H,10,18H2,1H3,(H,19,21)/t15-/m0/s1. The summed E-state index contributed by atoms with van der Waals surface area (Å²) in [6.45, 7) is 0.0656. The van der Waals surface area contributed by atoms with Crippen molar-refractivity contribution in [3.05, 3.63) is 54.1 Å². The van der Waals surface area contributed by atoms with Crippen LogP contribution >= 0.6 is 0 Å². The van der Waals surface area contributed by atoms with Crippen molar-refractivity contribution >= 4 is 17.5 Å². The molecule has 1 aliphatic heterocycles. The number of nitrogens with zero attached hydrogens (tertiary/aromatic N) is 1. The average Bonchev–Trinajstić information content (AvgIpc) is 2.65. The topological polar surface area (TPSA) is 93.9 Å². The molecule has 3 N–H and O–H groups in total. The first kappa shape index (κ1) is 15.8. The predicted octanol–water partition coefficient (Wildman–Crippen LogP) is 1.09. The molecule has 124 valence electrons. The highest BCUT2D eigenvalue weighted by Gasteiger charge is 2.33. The predicted molar refractivity (Wildman–Crippen MR) is 87.9 cm³/mol. The highest BCUT2D eigenvalue weighted by Crippen LogP contribution is 2.34. The number of ether oxygens (including phenoxy) is 2. The van der Waals surface area contributed by atoms with Gasteiger partial charge in [0.05, 0.1) is 19.3 Å². The van der Waals surface area contributed by atoms with E-state index in [1.807, 2.05) is 0 Å². The van der Waals surface area contributed by atoms with Crippen molar-refractivity contribution in [2.24, 2.45) is 5.84 Å². The van der Waals surface area contributed by atoms with Gasteiger partial charge in [-0.3, -0.25) is 15.0 Å². The Morgan fingerprint density at radius 3 is 2.79 bits per heavy atom. The molecule has 1 heterocycles. The average molecular weight is 327 g/mol. The lowest BCUT2D eigenvalue weighted by Gasteiger charge is -2.34. The summed E-state index contributed by atoms with van der Waals surface area (Å²) in [6.07, 6.45) is -0.876. The van der Waals surface area contributed by atoms with Crippen LogP contribution in [0.15, 0.2) is 48.5 Å². The van der Waals surface area contributed by atoms with Crippen LogP contribution in [0.1, 0.15) is 10.4 Å². The van der Waals surface area contributed by atoms with E-state index in [-0.39, 0.29) is 12.5 Å². The van der Waals surface area contributed by atoms with Crippen molar-refractivity contribution < 1.29 is 19.1 Å². The van der Waals surface area contributed by atoms with Gasteiger partial charge in [-0.15, -0.1) is 0 Å². The summed E-state index contributed by atoms with van der Waals surface area (Å²) in [4.78, 5) is 26.3. The second-order valence-corrected chi connectivity index (χ2v) is 5.23. The van der Waals surface area contributed by atoms with E-state index in [9.17, 15) is 9.59 Å². The second kappa shape index (κ2) is 6.59. The lowest BCUT2D eigenvalue weighted by atomic mass is 10.1. The number of hydrogen-bond donors (Lipinski definition) is 2. The number of hydrogen-bond acceptors (Lipinski definition) is 5. The highest BCUT2D eigenvalue weighted by molar-refractivity contribution is 6.08. The van der Waals surface area contributed by atoms with E-state index in [0.29, 0.717) is 22.7 Å². The first-order valence-corrected chi connectivity index (χ1v) is 7.36.